The summed E-state index contributed by atoms with van der Waals surface area (Å²) in [7, 11) is 2.11. The predicted octanol–water partition coefficient (Wildman–Crippen LogP) is 2.37. The molecule has 1 amide bonds. The molecule has 0 unspecified atom stereocenters. The van der Waals surface area contributed by atoms with E-state index in [1.165, 1.54) is 0 Å². The number of pyridine rings is 1. The minimum atomic E-state index is -0.378. The zero-order valence-electron chi connectivity index (χ0n) is 16.4. The van der Waals surface area contributed by atoms with Gasteiger partial charge in [0, 0.05) is 44.5 Å². The van der Waals surface area contributed by atoms with Gasteiger partial charge in [-0.3, -0.25) is 4.79 Å². The highest BCUT2D eigenvalue weighted by Gasteiger charge is 2.18. The van der Waals surface area contributed by atoms with Gasteiger partial charge in [0.1, 0.15) is 17.5 Å². The van der Waals surface area contributed by atoms with Gasteiger partial charge in [-0.1, -0.05) is 35.9 Å². The number of carbonyl (C=O) groups excluding carboxylic acids is 1. The van der Waals surface area contributed by atoms with Gasteiger partial charge in [-0.2, -0.15) is 5.26 Å². The van der Waals surface area contributed by atoms with Crippen LogP contribution in [0.4, 0.5) is 5.82 Å². The maximum Gasteiger partial charge on any atom is 0.262 e. The number of benzene rings is 1. The zero-order valence-corrected chi connectivity index (χ0v) is 16.4. The molecule has 3 rings (SSSR count). The molecule has 1 fully saturated rings. The molecule has 0 spiro atoms. The number of carbonyl (C=O) groups is 1. The third-order valence-corrected chi connectivity index (χ3v) is 4.86. The van der Waals surface area contributed by atoms with E-state index < -0.39 is 0 Å². The Morgan fingerprint density at radius 3 is 2.61 bits per heavy atom. The summed E-state index contributed by atoms with van der Waals surface area (Å²) in [6, 6.07) is 13.5. The molecule has 0 aliphatic carbocycles. The molecule has 1 aromatic heterocycles. The molecule has 0 bridgehead atoms. The zero-order chi connectivity index (χ0) is 19.9. The number of aromatic nitrogens is 1. The highest BCUT2D eigenvalue weighted by atomic mass is 16.1. The topological polar surface area (TPSA) is 72.3 Å². The number of nitrogens with one attached hydrogen (secondary N) is 1. The monoisotopic (exact) mass is 375 g/mol. The van der Waals surface area contributed by atoms with Gasteiger partial charge < -0.3 is 15.1 Å². The van der Waals surface area contributed by atoms with E-state index in [9.17, 15) is 10.1 Å². The number of piperazine rings is 1. The molecule has 1 N–H and O–H groups in total. The molecule has 1 aliphatic heterocycles. The van der Waals surface area contributed by atoms with E-state index in [4.69, 9.17) is 0 Å². The molecule has 6 heteroatoms. The predicted molar refractivity (Wildman–Crippen MR) is 111 cm³/mol. The summed E-state index contributed by atoms with van der Waals surface area (Å²) < 4.78 is 0. The first-order valence-electron chi connectivity index (χ1n) is 9.41. The van der Waals surface area contributed by atoms with Crippen molar-refractivity contribution >= 4 is 17.8 Å². The Morgan fingerprint density at radius 1 is 1.21 bits per heavy atom. The number of amides is 1. The summed E-state index contributed by atoms with van der Waals surface area (Å²) >= 11 is 0. The summed E-state index contributed by atoms with van der Waals surface area (Å²) in [6.45, 7) is 6.12. The molecular formula is C22H25N5O. The third-order valence-electron chi connectivity index (χ3n) is 4.86. The van der Waals surface area contributed by atoms with Gasteiger partial charge in [-0.25, -0.2) is 4.98 Å². The molecule has 0 atom stereocenters. The first-order valence-corrected chi connectivity index (χ1v) is 9.41. The maximum absolute atomic E-state index is 12.5. The van der Waals surface area contributed by atoms with E-state index in [-0.39, 0.29) is 11.5 Å². The fourth-order valence-corrected chi connectivity index (χ4v) is 3.12. The van der Waals surface area contributed by atoms with E-state index in [1.54, 1.807) is 12.3 Å². The number of rotatable bonds is 5. The number of likely N-dealkylation sites (N-methyl/N-ethyl adjacent to an activating group) is 1. The molecular weight excluding hydrogens is 350 g/mol. The van der Waals surface area contributed by atoms with E-state index in [0.717, 1.165) is 48.7 Å². The molecule has 2 aromatic rings. The van der Waals surface area contributed by atoms with Gasteiger partial charge in [-0.05, 0) is 31.7 Å². The molecule has 2 heterocycles. The van der Waals surface area contributed by atoms with Gasteiger partial charge in [0.05, 0.1) is 0 Å². The van der Waals surface area contributed by atoms with Crippen LogP contribution in [0.5, 0.6) is 0 Å². The van der Waals surface area contributed by atoms with Crippen molar-refractivity contribution in [3.63, 3.8) is 0 Å². The number of aryl methyl sites for hydroxylation is 1. The number of anilines is 1. The van der Waals surface area contributed by atoms with Crippen LogP contribution in [0.25, 0.3) is 6.08 Å². The van der Waals surface area contributed by atoms with Gasteiger partial charge in [-0.15, -0.1) is 0 Å². The lowest BCUT2D eigenvalue weighted by Gasteiger charge is -2.34. The number of nitrogens with zero attached hydrogens (tertiary/aromatic N) is 4. The van der Waals surface area contributed by atoms with Crippen molar-refractivity contribution in [3.05, 3.63) is 64.9 Å². The number of hydrogen-bond donors (Lipinski definition) is 1. The van der Waals surface area contributed by atoms with Crippen LogP contribution >= 0.6 is 0 Å². The maximum atomic E-state index is 12.5. The molecule has 0 saturated carbocycles. The molecule has 28 heavy (non-hydrogen) atoms. The van der Waals surface area contributed by atoms with Crippen molar-refractivity contribution in [3.8, 4) is 6.07 Å². The average Bonchev–Trinajstić information content (AvgIpc) is 2.72. The summed E-state index contributed by atoms with van der Waals surface area (Å²) in [5.41, 5.74) is 3.01. The van der Waals surface area contributed by atoms with Crippen molar-refractivity contribution in [1.82, 2.24) is 15.2 Å². The Bertz CT molecular complexity index is 890. The smallest absolute Gasteiger partial charge is 0.262 e. The molecule has 1 saturated heterocycles. The first kappa shape index (κ1) is 19.6. The fraction of sp³-hybridized carbons (Fsp3) is 0.318. The van der Waals surface area contributed by atoms with E-state index in [2.05, 4.69) is 27.1 Å². The SMILES string of the molecule is Cc1ccc(/C=C(\C#N)C(=O)NCc2cccnc2N2CCN(C)CC2)cc1. The quantitative estimate of drug-likeness (QED) is 0.642. The van der Waals surface area contributed by atoms with Crippen LogP contribution in [0.15, 0.2) is 48.2 Å². The second-order valence-corrected chi connectivity index (χ2v) is 7.04. The van der Waals surface area contributed by atoms with Crippen LogP contribution < -0.4 is 10.2 Å². The van der Waals surface area contributed by atoms with E-state index in [0.29, 0.717) is 6.54 Å². The summed E-state index contributed by atoms with van der Waals surface area (Å²) in [6.07, 6.45) is 3.39. The molecule has 0 radical (unpaired) electrons. The van der Waals surface area contributed by atoms with Crippen LogP contribution in [0, 0.1) is 18.3 Å². The standard InChI is InChI=1S/C22H25N5O/c1-17-5-7-18(8-6-17)14-20(15-23)22(28)25-16-19-4-3-9-24-21(19)27-12-10-26(2)11-13-27/h3-9,14H,10-13,16H2,1-2H3,(H,25,28)/b20-14+. The van der Waals surface area contributed by atoms with E-state index in [1.807, 2.05) is 49.4 Å². The first-order chi connectivity index (χ1) is 13.6. The minimum absolute atomic E-state index is 0.0916. The van der Waals surface area contributed by atoms with Gasteiger partial charge in [0.25, 0.3) is 5.91 Å². The van der Waals surface area contributed by atoms with Crippen molar-refractivity contribution < 1.29 is 4.79 Å². The van der Waals surface area contributed by atoms with Crippen molar-refractivity contribution in [2.45, 2.75) is 13.5 Å². The van der Waals surface area contributed by atoms with Crippen LogP contribution in [0.1, 0.15) is 16.7 Å². The molecule has 144 valence electrons. The number of hydrogen-bond acceptors (Lipinski definition) is 5. The minimum Gasteiger partial charge on any atom is -0.354 e. The summed E-state index contributed by atoms with van der Waals surface area (Å²) in [5, 5.41) is 12.3. The fourth-order valence-electron chi connectivity index (χ4n) is 3.12. The second kappa shape index (κ2) is 9.16. The summed E-state index contributed by atoms with van der Waals surface area (Å²) in [4.78, 5) is 21.6. The lowest BCUT2D eigenvalue weighted by atomic mass is 10.1. The van der Waals surface area contributed by atoms with Crippen LogP contribution in [0.3, 0.4) is 0 Å². The molecule has 6 nitrogen and oxygen atoms in total. The normalized spacial score (nSPS) is 15.2. The van der Waals surface area contributed by atoms with Crippen molar-refractivity contribution in [2.75, 3.05) is 38.1 Å². The highest BCUT2D eigenvalue weighted by molar-refractivity contribution is 6.01. The lowest BCUT2D eigenvalue weighted by molar-refractivity contribution is -0.117. The highest BCUT2D eigenvalue weighted by Crippen LogP contribution is 2.19. The average molecular weight is 375 g/mol. The van der Waals surface area contributed by atoms with Gasteiger partial charge in [0.2, 0.25) is 0 Å². The van der Waals surface area contributed by atoms with Gasteiger partial charge >= 0.3 is 0 Å². The second-order valence-electron chi connectivity index (χ2n) is 7.04. The largest absolute Gasteiger partial charge is 0.354 e. The van der Waals surface area contributed by atoms with Crippen LogP contribution in [-0.2, 0) is 11.3 Å². The Labute approximate surface area is 166 Å². The van der Waals surface area contributed by atoms with E-state index >= 15 is 0 Å². The molecule has 1 aromatic carbocycles. The van der Waals surface area contributed by atoms with Crippen molar-refractivity contribution in [1.29, 1.82) is 5.26 Å². The van der Waals surface area contributed by atoms with Crippen LogP contribution in [-0.4, -0.2) is 49.0 Å². The molecule has 1 aliphatic rings. The number of nitriles is 1. The third kappa shape index (κ3) is 4.96. The Balaban J connectivity index is 1.69. The van der Waals surface area contributed by atoms with Crippen LogP contribution in [0.2, 0.25) is 0 Å². The Hall–Kier alpha value is -3.17. The summed E-state index contributed by atoms with van der Waals surface area (Å²) in [5.74, 6) is 0.521. The Morgan fingerprint density at radius 2 is 1.93 bits per heavy atom. The Kier molecular flexibility index (Phi) is 6.41. The van der Waals surface area contributed by atoms with Gasteiger partial charge in [0.15, 0.2) is 0 Å². The lowest BCUT2D eigenvalue weighted by Crippen LogP contribution is -2.45. The van der Waals surface area contributed by atoms with Crippen molar-refractivity contribution in [2.24, 2.45) is 0 Å².